The first-order chi connectivity index (χ1) is 46.1. The van der Waals surface area contributed by atoms with Crippen molar-refractivity contribution in [1.82, 2.24) is 44.9 Å². The molecule has 98 heavy (non-hydrogen) atoms. The van der Waals surface area contributed by atoms with Gasteiger partial charge in [-0.3, -0.25) is 15.4 Å². The number of carbonyl (C=O) groups is 6. The second kappa shape index (κ2) is 29.9. The summed E-state index contributed by atoms with van der Waals surface area (Å²) in [7, 11) is 0. The third-order valence-electron chi connectivity index (χ3n) is 14.5. The average Bonchev–Trinajstić information content (AvgIpc) is 1.61. The Balaban J connectivity index is 0.000000211. The van der Waals surface area contributed by atoms with Crippen LogP contribution in [0.4, 0.5) is 67.5 Å². The third kappa shape index (κ3) is 19.4. The number of fused-ring (bicyclic) bond motifs is 2. The van der Waals surface area contributed by atoms with Crippen molar-refractivity contribution >= 4 is 120 Å². The van der Waals surface area contributed by atoms with Gasteiger partial charge in [0.05, 0.1) is 39.7 Å². The van der Waals surface area contributed by atoms with Crippen molar-refractivity contribution in [2.45, 2.75) is 151 Å². The minimum Gasteiger partial charge on any atom is -0.443 e. The van der Waals surface area contributed by atoms with Gasteiger partial charge in [0.1, 0.15) is 38.2 Å². The number of nitrogens with zero attached hydrogens (tertiary/aromatic N) is 12. The quantitative estimate of drug-likeness (QED) is 0.0730. The fraction of sp³-hybridized carbons (Fsp3) is 0.391. The van der Waals surface area contributed by atoms with Crippen molar-refractivity contribution in [2.24, 2.45) is 11.8 Å². The number of amides is 5. The molecule has 1 unspecified atom stereocenters. The Morgan fingerprint density at radius 3 is 1.35 bits per heavy atom. The van der Waals surface area contributed by atoms with Gasteiger partial charge in [-0.25, -0.2) is 38.6 Å². The Labute approximate surface area is 574 Å². The highest BCUT2D eigenvalue weighted by Crippen LogP contribution is 2.39. The zero-order chi connectivity index (χ0) is 71.0. The molecule has 29 heteroatoms. The molecule has 2 fully saturated rings. The van der Waals surface area contributed by atoms with E-state index in [2.05, 4.69) is 55.1 Å². The van der Waals surface area contributed by atoms with Crippen LogP contribution in [0.1, 0.15) is 129 Å². The fourth-order valence-corrected chi connectivity index (χ4v) is 11.7. The maximum Gasteiger partial charge on any atom is 0.435 e. The lowest BCUT2D eigenvalue weighted by Crippen LogP contribution is -2.33. The highest BCUT2D eigenvalue weighted by atomic mass is 32.1. The summed E-state index contributed by atoms with van der Waals surface area (Å²) < 4.78 is 29.9. The van der Waals surface area contributed by atoms with Crippen LogP contribution in [0, 0.1) is 22.0 Å². The Kier molecular flexibility index (Phi) is 21.9. The molecule has 2 aliphatic rings. The molecule has 27 nitrogen and oxygen atoms in total. The van der Waals surface area contributed by atoms with E-state index in [1.54, 1.807) is 144 Å². The molecule has 0 spiro atoms. The Hall–Kier alpha value is -10.4. The molecule has 1 saturated carbocycles. The highest BCUT2D eigenvalue weighted by molar-refractivity contribution is 7.19. The second-order valence-corrected chi connectivity index (χ2v) is 29.5. The number of aromatic nitrogens is 8. The van der Waals surface area contributed by atoms with E-state index in [0.29, 0.717) is 71.2 Å². The molecular weight excluding hydrogens is 1300 g/mol. The molecule has 4 aromatic heterocycles. The number of hydrogen-bond acceptors (Lipinski definition) is 21. The van der Waals surface area contributed by atoms with Crippen LogP contribution in [-0.2, 0) is 18.9 Å². The lowest BCUT2D eigenvalue weighted by molar-refractivity contribution is -0.384. The number of hydrogen-bond donors (Lipinski definition) is 2. The maximum absolute atomic E-state index is 13.5. The highest BCUT2D eigenvalue weighted by Gasteiger charge is 2.32. The molecule has 2 N–H and O–H groups in total. The fourth-order valence-electron chi connectivity index (χ4n) is 10.00. The number of carbonyl (C=O) groups excluding carboxylic acids is 6. The number of nitro groups is 1. The van der Waals surface area contributed by atoms with Crippen molar-refractivity contribution in [3.8, 4) is 26.9 Å². The first-order valence-corrected chi connectivity index (χ1v) is 33.4. The number of nitro benzene ring substituents is 1. The molecule has 1 aliphatic heterocycles. The molecule has 516 valence electrons. The summed E-state index contributed by atoms with van der Waals surface area (Å²) >= 11 is 2.36. The molecule has 1 atom stereocenters. The first-order valence-electron chi connectivity index (χ1n) is 31.8. The predicted molar refractivity (Wildman–Crippen MR) is 375 cm³/mol. The average molecular weight is 1380 g/mol. The minimum absolute atomic E-state index is 0.109. The Bertz CT molecular complexity index is 4340. The number of non-ortho nitro benzene ring substituents is 1. The molecule has 11 rings (SSSR count). The summed E-state index contributed by atoms with van der Waals surface area (Å²) in [5.41, 5.74) is 1.34. The number of ether oxygens (including phenoxy) is 5. The lowest BCUT2D eigenvalue weighted by atomic mass is 10.2. The van der Waals surface area contributed by atoms with Gasteiger partial charge in [-0.15, -0.1) is 20.4 Å². The van der Waals surface area contributed by atoms with Gasteiger partial charge in [0.15, 0.2) is 0 Å². The molecule has 1 saturated heterocycles. The molecule has 0 radical (unpaired) electrons. The SMILES string of the molecule is CC(C)(C)OC(=O)N(c1ccc2c(cnn2C(=O)OC(C)(C)C)c1)c1nnc(-c2ccc(NC(=O)Oc3ccc([N+](=O)[O-])cc3)cc2)s1.CC1CCCC1.CC1CCN(C(=O)Nc2ccc(-c3nnc(N(C(=O)OC(C)(C)C)c4ccc5c(cnn5C(=O)OC(C)(C)C)c4)s3)cc2)C1. The molecule has 0 bridgehead atoms. The van der Waals surface area contributed by atoms with E-state index in [0.717, 1.165) is 47.0 Å². The van der Waals surface area contributed by atoms with Gasteiger partial charge in [0.2, 0.25) is 10.3 Å². The lowest BCUT2D eigenvalue weighted by Gasteiger charge is -2.25. The Morgan fingerprint density at radius 2 is 0.969 bits per heavy atom. The van der Waals surface area contributed by atoms with Crippen LogP contribution in [-0.4, -0.2) is 122 Å². The number of likely N-dealkylation sites (tertiary alicyclic amines) is 1. The summed E-state index contributed by atoms with van der Waals surface area (Å²) in [6, 6.07) is 29.1. The van der Waals surface area contributed by atoms with E-state index in [1.807, 2.05) is 29.2 Å². The summed E-state index contributed by atoms with van der Waals surface area (Å²) in [6.07, 6.45) is 6.66. The summed E-state index contributed by atoms with van der Waals surface area (Å²) in [6.45, 7) is 27.2. The van der Waals surface area contributed by atoms with Crippen LogP contribution >= 0.6 is 22.7 Å². The van der Waals surface area contributed by atoms with E-state index < -0.39 is 57.8 Å². The van der Waals surface area contributed by atoms with Crippen LogP contribution in [0.5, 0.6) is 5.75 Å². The molecule has 5 amide bonds. The van der Waals surface area contributed by atoms with Crippen molar-refractivity contribution in [2.75, 3.05) is 33.5 Å². The normalized spacial score (nSPS) is 14.1. The topological polar surface area (TPSA) is 313 Å². The number of rotatable bonds is 10. The second-order valence-electron chi connectivity index (χ2n) is 27.6. The van der Waals surface area contributed by atoms with Gasteiger partial charge in [-0.05, 0) is 198 Å². The van der Waals surface area contributed by atoms with Gasteiger partial charge in [-0.1, -0.05) is 62.2 Å². The molecule has 5 aromatic carbocycles. The van der Waals surface area contributed by atoms with E-state index in [9.17, 15) is 38.9 Å². The van der Waals surface area contributed by atoms with Gasteiger partial charge in [0.25, 0.3) is 5.69 Å². The van der Waals surface area contributed by atoms with Crippen molar-refractivity contribution < 1.29 is 57.4 Å². The molecule has 5 heterocycles. The van der Waals surface area contributed by atoms with Gasteiger partial charge < -0.3 is 33.9 Å². The van der Waals surface area contributed by atoms with E-state index in [4.69, 9.17) is 23.7 Å². The van der Waals surface area contributed by atoms with Crippen LogP contribution < -0.4 is 25.2 Å². The van der Waals surface area contributed by atoms with Crippen molar-refractivity contribution in [3.63, 3.8) is 0 Å². The molecule has 9 aromatic rings. The summed E-state index contributed by atoms with van der Waals surface area (Å²) in [5, 5.41) is 44.8. The Morgan fingerprint density at radius 1 is 0.541 bits per heavy atom. The number of urea groups is 1. The van der Waals surface area contributed by atoms with E-state index in [1.165, 1.54) is 88.2 Å². The molecular formula is C69H80N14O13S2. The summed E-state index contributed by atoms with van der Waals surface area (Å²) in [5.74, 6) is 1.69. The van der Waals surface area contributed by atoms with Gasteiger partial charge >= 0.3 is 36.5 Å². The van der Waals surface area contributed by atoms with Crippen LogP contribution in [0.2, 0.25) is 0 Å². The monoisotopic (exact) mass is 1380 g/mol. The zero-order valence-electron chi connectivity index (χ0n) is 57.1. The van der Waals surface area contributed by atoms with Crippen LogP contribution in [0.25, 0.3) is 42.9 Å². The van der Waals surface area contributed by atoms with Crippen LogP contribution in [0.3, 0.4) is 0 Å². The minimum atomic E-state index is -0.809. The van der Waals surface area contributed by atoms with E-state index >= 15 is 0 Å². The maximum atomic E-state index is 13.5. The van der Waals surface area contributed by atoms with Crippen LogP contribution in [0.15, 0.2) is 122 Å². The van der Waals surface area contributed by atoms with Gasteiger partial charge in [0, 0.05) is 58.5 Å². The number of anilines is 6. The van der Waals surface area contributed by atoms with Crippen molar-refractivity contribution in [3.05, 3.63) is 132 Å². The largest absolute Gasteiger partial charge is 0.443 e. The zero-order valence-corrected chi connectivity index (χ0v) is 58.8. The van der Waals surface area contributed by atoms with Gasteiger partial charge in [-0.2, -0.15) is 19.6 Å². The number of benzene rings is 5. The van der Waals surface area contributed by atoms with E-state index in [-0.39, 0.29) is 22.6 Å². The smallest absolute Gasteiger partial charge is 0.435 e. The number of nitrogens with one attached hydrogen (secondary N) is 2. The first kappa shape index (κ1) is 71.9. The predicted octanol–water partition coefficient (Wildman–Crippen LogP) is 17.4. The standard InChI is InChI=1S/C32H31N7O8S.C31H37N7O5S.C6H12/c1-31(2,3)46-29(41)37(23-13-16-25-20(17-23)18-33-38(25)30(42)47-32(4,5)6)27-36-35-26(48-27)19-7-9-21(10-8-19)34-28(40)45-24-14-11-22(12-15-24)39(43)44;1-19-14-15-36(18-19)26(39)33-22-10-8-20(9-11-22)25-34-35-27(44-25)37(28(40)42-30(2,3)4)23-12-13-24-21(16-23)17-32-38(24)29(41)43-31(5,6)7;1-6-4-2-3-5-6/h7-18H,1-6H3,(H,34,40);8-13,16-17,19H,14-15,18H2,1-7H3,(H,33,39);6H,2-5H2,1H3. The molecule has 1 aliphatic carbocycles. The summed E-state index contributed by atoms with van der Waals surface area (Å²) in [4.78, 5) is 92.0. The van der Waals surface area contributed by atoms with Crippen molar-refractivity contribution in [1.29, 1.82) is 0 Å². The third-order valence-corrected chi connectivity index (χ3v) is 16.4.